The van der Waals surface area contributed by atoms with Crippen LogP contribution in [-0.4, -0.2) is 23.3 Å². The van der Waals surface area contributed by atoms with Crippen molar-refractivity contribution in [1.29, 1.82) is 0 Å². The van der Waals surface area contributed by atoms with Gasteiger partial charge in [0, 0.05) is 5.69 Å². The van der Waals surface area contributed by atoms with Gasteiger partial charge in [-0.2, -0.15) is 0 Å². The molecule has 3 rings (SSSR count). The zero-order valence-electron chi connectivity index (χ0n) is 15.1. The molecule has 0 atom stereocenters. The van der Waals surface area contributed by atoms with Gasteiger partial charge in [0.1, 0.15) is 16.5 Å². The quantitative estimate of drug-likeness (QED) is 0.544. The first-order valence-corrected chi connectivity index (χ1v) is 9.27. The summed E-state index contributed by atoms with van der Waals surface area (Å²) in [6.07, 6.45) is 2.07. The number of imide groups is 1. The Morgan fingerprint density at radius 1 is 1.00 bits per heavy atom. The highest BCUT2D eigenvalue weighted by Gasteiger charge is 2.37. The molecule has 0 fully saturated rings. The molecule has 2 amide bonds. The molecule has 0 unspecified atom stereocenters. The normalized spacial score (nSPS) is 14.1. The monoisotopic (exact) mass is 384 g/mol. The number of nitrogens with one attached hydrogen (secondary N) is 1. The van der Waals surface area contributed by atoms with E-state index in [-0.39, 0.29) is 17.3 Å². The number of carbonyl (C=O) groups excluding carboxylic acids is 2. The molecule has 1 aliphatic rings. The first kappa shape index (κ1) is 19.0. The highest BCUT2D eigenvalue weighted by Crippen LogP contribution is 2.27. The van der Waals surface area contributed by atoms with Crippen LogP contribution >= 0.6 is 11.6 Å². The zero-order valence-corrected chi connectivity index (χ0v) is 15.8. The van der Waals surface area contributed by atoms with Gasteiger partial charge in [-0.15, -0.1) is 0 Å². The van der Waals surface area contributed by atoms with Gasteiger partial charge in [-0.05, 0) is 36.2 Å². The molecule has 0 aliphatic carbocycles. The van der Waals surface area contributed by atoms with Crippen molar-refractivity contribution in [2.75, 3.05) is 11.9 Å². The molecule has 2 aromatic carbocycles. The largest absolute Gasteiger partial charge is 0.494 e. The van der Waals surface area contributed by atoms with Crippen LogP contribution in [0.25, 0.3) is 0 Å². The smallest absolute Gasteiger partial charge is 0.279 e. The van der Waals surface area contributed by atoms with E-state index in [9.17, 15) is 9.59 Å². The lowest BCUT2D eigenvalue weighted by Gasteiger charge is -2.15. The maximum absolute atomic E-state index is 12.7. The average molecular weight is 385 g/mol. The number of rotatable bonds is 8. The third-order valence-corrected chi connectivity index (χ3v) is 4.54. The minimum Gasteiger partial charge on any atom is -0.494 e. The van der Waals surface area contributed by atoms with Crippen molar-refractivity contribution in [1.82, 2.24) is 4.90 Å². The predicted molar refractivity (Wildman–Crippen MR) is 105 cm³/mol. The van der Waals surface area contributed by atoms with E-state index in [4.69, 9.17) is 16.3 Å². The molecule has 0 radical (unpaired) electrons. The highest BCUT2D eigenvalue weighted by atomic mass is 35.5. The number of hydrogen-bond acceptors (Lipinski definition) is 4. The maximum Gasteiger partial charge on any atom is 0.279 e. The molecule has 140 valence electrons. The number of anilines is 1. The van der Waals surface area contributed by atoms with Crippen LogP contribution in [0.2, 0.25) is 0 Å². The van der Waals surface area contributed by atoms with Crippen molar-refractivity contribution in [3.63, 3.8) is 0 Å². The molecule has 1 heterocycles. The van der Waals surface area contributed by atoms with Crippen molar-refractivity contribution in [3.8, 4) is 5.75 Å². The van der Waals surface area contributed by atoms with Crippen LogP contribution in [0.1, 0.15) is 25.3 Å². The fourth-order valence-electron chi connectivity index (χ4n) is 2.68. The molecule has 0 saturated carbocycles. The summed E-state index contributed by atoms with van der Waals surface area (Å²) in [4.78, 5) is 26.2. The molecule has 2 aromatic rings. The second-order valence-corrected chi connectivity index (χ2v) is 6.60. The number of halogens is 1. The number of nitrogens with zero attached hydrogens (tertiary/aromatic N) is 1. The summed E-state index contributed by atoms with van der Waals surface area (Å²) in [6, 6.07) is 16.5. The van der Waals surface area contributed by atoms with Gasteiger partial charge in [-0.25, -0.2) is 0 Å². The molecule has 0 spiro atoms. The van der Waals surface area contributed by atoms with Crippen molar-refractivity contribution < 1.29 is 14.3 Å². The summed E-state index contributed by atoms with van der Waals surface area (Å²) in [6.45, 7) is 2.96. The minimum absolute atomic E-state index is 0.0947. The van der Waals surface area contributed by atoms with E-state index >= 15 is 0 Å². The number of amides is 2. The Hall–Kier alpha value is -2.79. The van der Waals surface area contributed by atoms with Crippen molar-refractivity contribution in [2.45, 2.75) is 26.3 Å². The van der Waals surface area contributed by atoms with Crippen molar-refractivity contribution in [3.05, 3.63) is 70.9 Å². The van der Waals surface area contributed by atoms with Crippen LogP contribution in [0, 0.1) is 0 Å². The molecular formula is C21H21ClN2O3. The van der Waals surface area contributed by atoms with Crippen LogP contribution in [0.15, 0.2) is 65.3 Å². The fourth-order valence-corrected chi connectivity index (χ4v) is 2.91. The van der Waals surface area contributed by atoms with Gasteiger partial charge < -0.3 is 10.1 Å². The van der Waals surface area contributed by atoms with Gasteiger partial charge in [0.05, 0.1) is 13.2 Å². The van der Waals surface area contributed by atoms with E-state index in [0.29, 0.717) is 12.3 Å². The SMILES string of the molecule is CCCCOc1ccc(NC2=C(Cl)C(=O)N(Cc3ccccc3)C2=O)cc1. The first-order valence-electron chi connectivity index (χ1n) is 8.90. The Morgan fingerprint density at radius 2 is 1.70 bits per heavy atom. The molecular weight excluding hydrogens is 364 g/mol. The van der Waals surface area contributed by atoms with Crippen molar-refractivity contribution >= 4 is 29.1 Å². The lowest BCUT2D eigenvalue weighted by atomic mass is 10.2. The standard InChI is InChI=1S/C21H21ClN2O3/c1-2-3-13-27-17-11-9-16(10-12-17)23-19-18(22)20(25)24(21(19)26)14-15-7-5-4-6-8-15/h4-12,23H,2-3,13-14H2,1H3. The Bertz CT molecular complexity index is 847. The van der Waals surface area contributed by atoms with Crippen LogP contribution in [-0.2, 0) is 16.1 Å². The summed E-state index contributed by atoms with van der Waals surface area (Å²) in [5.41, 5.74) is 1.62. The summed E-state index contributed by atoms with van der Waals surface area (Å²) in [7, 11) is 0. The maximum atomic E-state index is 12.7. The third-order valence-electron chi connectivity index (χ3n) is 4.19. The first-order chi connectivity index (χ1) is 13.1. The Kier molecular flexibility index (Phi) is 6.14. The number of unbranched alkanes of at least 4 members (excludes halogenated alkanes) is 1. The molecule has 1 N–H and O–H groups in total. The van der Waals surface area contributed by atoms with E-state index in [1.807, 2.05) is 42.5 Å². The molecule has 1 aliphatic heterocycles. The van der Waals surface area contributed by atoms with Crippen molar-refractivity contribution in [2.24, 2.45) is 0 Å². The molecule has 27 heavy (non-hydrogen) atoms. The second kappa shape index (κ2) is 8.73. The van der Waals surface area contributed by atoms with Gasteiger partial charge in [0.15, 0.2) is 0 Å². The number of carbonyl (C=O) groups is 2. The third kappa shape index (κ3) is 4.49. The number of benzene rings is 2. The fraction of sp³-hybridized carbons (Fsp3) is 0.238. The van der Waals surface area contributed by atoms with Crippen LogP contribution in [0.4, 0.5) is 5.69 Å². The van der Waals surface area contributed by atoms with E-state index in [0.717, 1.165) is 29.1 Å². The van der Waals surface area contributed by atoms with E-state index < -0.39 is 11.8 Å². The lowest BCUT2D eigenvalue weighted by Crippen LogP contribution is -2.31. The molecule has 0 aromatic heterocycles. The second-order valence-electron chi connectivity index (χ2n) is 6.22. The van der Waals surface area contributed by atoms with Gasteiger partial charge >= 0.3 is 0 Å². The Balaban J connectivity index is 1.67. The lowest BCUT2D eigenvalue weighted by molar-refractivity contribution is -0.138. The van der Waals surface area contributed by atoms with E-state index in [1.165, 1.54) is 0 Å². The molecule has 0 saturated heterocycles. The predicted octanol–water partition coefficient (Wildman–Crippen LogP) is 4.30. The van der Waals surface area contributed by atoms with Crippen LogP contribution in [0.5, 0.6) is 5.75 Å². The average Bonchev–Trinajstić information content (AvgIpc) is 2.88. The Labute approximate surface area is 163 Å². The van der Waals surface area contributed by atoms with Gasteiger partial charge in [-0.1, -0.05) is 55.3 Å². The molecule has 5 nitrogen and oxygen atoms in total. The molecule has 6 heteroatoms. The Morgan fingerprint density at radius 3 is 2.37 bits per heavy atom. The van der Waals surface area contributed by atoms with Gasteiger partial charge in [0.2, 0.25) is 0 Å². The summed E-state index contributed by atoms with van der Waals surface area (Å²) >= 11 is 6.13. The minimum atomic E-state index is -0.493. The number of ether oxygens (including phenoxy) is 1. The summed E-state index contributed by atoms with van der Waals surface area (Å²) in [5.74, 6) is -0.168. The summed E-state index contributed by atoms with van der Waals surface area (Å²) in [5, 5.41) is 2.86. The van der Waals surface area contributed by atoms with Gasteiger partial charge in [-0.3, -0.25) is 14.5 Å². The molecule has 0 bridgehead atoms. The van der Waals surface area contributed by atoms with E-state index in [1.54, 1.807) is 12.1 Å². The van der Waals surface area contributed by atoms with E-state index in [2.05, 4.69) is 12.2 Å². The zero-order chi connectivity index (χ0) is 19.2. The van der Waals surface area contributed by atoms with Gasteiger partial charge in [0.25, 0.3) is 11.8 Å². The topological polar surface area (TPSA) is 58.6 Å². The summed E-state index contributed by atoms with van der Waals surface area (Å²) < 4.78 is 5.62. The van der Waals surface area contributed by atoms with Crippen LogP contribution in [0.3, 0.4) is 0 Å². The highest BCUT2D eigenvalue weighted by molar-refractivity contribution is 6.48. The number of hydrogen-bond donors (Lipinski definition) is 1. The van der Waals surface area contributed by atoms with Crippen LogP contribution < -0.4 is 10.1 Å².